The Kier molecular flexibility index (Phi) is 7.95. The summed E-state index contributed by atoms with van der Waals surface area (Å²) in [6.07, 6.45) is 5.38. The van der Waals surface area contributed by atoms with Gasteiger partial charge < -0.3 is 9.16 Å². The molecule has 0 amide bonds. The van der Waals surface area contributed by atoms with Gasteiger partial charge in [-0.05, 0) is 48.4 Å². The Morgan fingerprint density at radius 2 is 1.68 bits per heavy atom. The Balaban J connectivity index is 2.30. The molecule has 0 radical (unpaired) electrons. The van der Waals surface area contributed by atoms with Crippen LogP contribution in [0.5, 0.6) is 0 Å². The zero-order valence-corrected chi connectivity index (χ0v) is 19.5. The Hall–Kier alpha value is -1.53. The molecule has 1 aromatic rings. The first kappa shape index (κ1) is 22.8. The molecule has 0 aromatic carbocycles. The molecule has 1 heterocycles. The summed E-state index contributed by atoms with van der Waals surface area (Å²) in [6, 6.07) is 1.92. The number of carbonyl (C=O) groups is 1. The molecule has 0 saturated carbocycles. The van der Waals surface area contributed by atoms with Gasteiger partial charge in [-0.15, -0.1) is 0 Å². The molecule has 5 nitrogen and oxygen atoms in total. The van der Waals surface area contributed by atoms with Crippen molar-refractivity contribution in [2.75, 3.05) is 7.11 Å². The number of hydrogen-bond acceptors (Lipinski definition) is 5. The number of carbonyl (C=O) groups excluding carboxylic acids is 1. The van der Waals surface area contributed by atoms with Gasteiger partial charge in [-0.1, -0.05) is 41.5 Å². The van der Waals surface area contributed by atoms with Crippen LogP contribution >= 0.6 is 0 Å². The summed E-state index contributed by atoms with van der Waals surface area (Å²) in [5.41, 5.74) is 4.12. The van der Waals surface area contributed by atoms with E-state index in [1.165, 1.54) is 7.11 Å². The number of aromatic nitrogens is 2. The standard InChI is InChI=1S/C22H36N2O3Si/c1-15(2)28(16(3)4,17(5)6)27-14-18-12-13-23-21(24-18)19-10-8-9-11-20(19)22(25)26-7/h12-13,15-17H,8-11,14H2,1-7H3. The molecule has 0 aliphatic heterocycles. The Labute approximate surface area is 171 Å². The summed E-state index contributed by atoms with van der Waals surface area (Å²) in [4.78, 5) is 21.4. The fourth-order valence-corrected chi connectivity index (χ4v) is 10.2. The van der Waals surface area contributed by atoms with Crippen LogP contribution in [0.3, 0.4) is 0 Å². The average Bonchev–Trinajstić information content (AvgIpc) is 2.67. The predicted molar refractivity (Wildman–Crippen MR) is 115 cm³/mol. The summed E-state index contributed by atoms with van der Waals surface area (Å²) in [5, 5.41) is 0. The van der Waals surface area contributed by atoms with Gasteiger partial charge in [0.1, 0.15) is 0 Å². The molecule has 0 fully saturated rings. The van der Waals surface area contributed by atoms with E-state index < -0.39 is 8.32 Å². The maximum Gasteiger partial charge on any atom is 0.334 e. The number of rotatable bonds is 8. The molecular formula is C22H36N2O3Si. The lowest BCUT2D eigenvalue weighted by atomic mass is 9.91. The third kappa shape index (κ3) is 4.71. The van der Waals surface area contributed by atoms with Gasteiger partial charge in [-0.25, -0.2) is 14.8 Å². The van der Waals surface area contributed by atoms with Gasteiger partial charge in [0, 0.05) is 17.3 Å². The molecule has 0 N–H and O–H groups in total. The molecule has 6 heteroatoms. The minimum absolute atomic E-state index is 0.259. The van der Waals surface area contributed by atoms with E-state index >= 15 is 0 Å². The minimum Gasteiger partial charge on any atom is -0.466 e. The summed E-state index contributed by atoms with van der Waals surface area (Å²) in [7, 11) is -0.520. The minimum atomic E-state index is -1.95. The molecule has 0 atom stereocenters. The second kappa shape index (κ2) is 9.79. The van der Waals surface area contributed by atoms with Gasteiger partial charge in [0.05, 0.1) is 19.4 Å². The van der Waals surface area contributed by atoms with E-state index in [2.05, 4.69) is 46.5 Å². The first-order valence-electron chi connectivity index (χ1n) is 10.5. The first-order chi connectivity index (χ1) is 13.2. The van der Waals surface area contributed by atoms with Crippen LogP contribution in [0.25, 0.3) is 5.57 Å². The van der Waals surface area contributed by atoms with Crippen molar-refractivity contribution in [2.45, 2.75) is 90.5 Å². The fourth-order valence-electron chi connectivity index (χ4n) is 4.82. The van der Waals surface area contributed by atoms with Crippen LogP contribution in [-0.2, 0) is 20.6 Å². The summed E-state index contributed by atoms with van der Waals surface area (Å²) >= 11 is 0. The van der Waals surface area contributed by atoms with E-state index in [-0.39, 0.29) is 5.97 Å². The Morgan fingerprint density at radius 1 is 1.07 bits per heavy atom. The molecule has 0 bridgehead atoms. The zero-order valence-electron chi connectivity index (χ0n) is 18.5. The van der Waals surface area contributed by atoms with Crippen LogP contribution in [0.4, 0.5) is 0 Å². The highest BCUT2D eigenvalue weighted by atomic mass is 28.4. The number of methoxy groups -OCH3 is 1. The third-order valence-electron chi connectivity index (χ3n) is 6.06. The van der Waals surface area contributed by atoms with Gasteiger partial charge >= 0.3 is 5.97 Å². The van der Waals surface area contributed by atoms with E-state index in [1.807, 2.05) is 6.07 Å². The Morgan fingerprint density at radius 3 is 2.25 bits per heavy atom. The van der Waals surface area contributed by atoms with E-state index in [9.17, 15) is 4.79 Å². The number of hydrogen-bond donors (Lipinski definition) is 0. The van der Waals surface area contributed by atoms with Crippen molar-refractivity contribution in [3.63, 3.8) is 0 Å². The number of ether oxygens (including phenoxy) is 1. The van der Waals surface area contributed by atoms with Crippen LogP contribution in [0, 0.1) is 0 Å². The van der Waals surface area contributed by atoms with Crippen molar-refractivity contribution in [3.05, 3.63) is 29.4 Å². The molecule has 156 valence electrons. The molecule has 1 aromatic heterocycles. The smallest absolute Gasteiger partial charge is 0.334 e. The van der Waals surface area contributed by atoms with Gasteiger partial charge in [0.25, 0.3) is 0 Å². The maximum absolute atomic E-state index is 12.2. The lowest BCUT2D eigenvalue weighted by Gasteiger charge is -2.42. The van der Waals surface area contributed by atoms with Crippen molar-refractivity contribution in [1.82, 2.24) is 9.97 Å². The second-order valence-electron chi connectivity index (χ2n) is 8.63. The number of esters is 1. The third-order valence-corrected chi connectivity index (χ3v) is 12.1. The van der Waals surface area contributed by atoms with E-state index in [0.29, 0.717) is 29.1 Å². The lowest BCUT2D eigenvalue weighted by molar-refractivity contribution is -0.136. The highest BCUT2D eigenvalue weighted by molar-refractivity contribution is 6.77. The molecular weight excluding hydrogens is 368 g/mol. The van der Waals surface area contributed by atoms with Gasteiger partial charge in [-0.2, -0.15) is 0 Å². The summed E-state index contributed by atoms with van der Waals surface area (Å²) in [5.74, 6) is 0.387. The van der Waals surface area contributed by atoms with Crippen LogP contribution in [0.2, 0.25) is 16.6 Å². The molecule has 1 aliphatic rings. The number of allylic oxidation sites excluding steroid dienone is 1. The molecule has 0 saturated heterocycles. The monoisotopic (exact) mass is 404 g/mol. The zero-order chi connectivity index (χ0) is 20.9. The molecule has 0 unspecified atom stereocenters. The van der Waals surface area contributed by atoms with Crippen molar-refractivity contribution < 1.29 is 14.0 Å². The maximum atomic E-state index is 12.2. The van der Waals surface area contributed by atoms with E-state index in [1.54, 1.807) is 6.20 Å². The van der Waals surface area contributed by atoms with Gasteiger partial charge in [0.15, 0.2) is 5.82 Å². The summed E-state index contributed by atoms with van der Waals surface area (Å²) < 4.78 is 11.7. The second-order valence-corrected chi connectivity index (χ2v) is 14.1. The molecule has 28 heavy (non-hydrogen) atoms. The normalized spacial score (nSPS) is 15.6. The van der Waals surface area contributed by atoms with E-state index in [4.69, 9.17) is 14.1 Å². The molecule has 0 spiro atoms. The average molecular weight is 405 g/mol. The highest BCUT2D eigenvalue weighted by Gasteiger charge is 2.45. The predicted octanol–water partition coefficient (Wildman–Crippen LogP) is 5.67. The molecule has 2 rings (SSSR count). The largest absolute Gasteiger partial charge is 0.466 e. The van der Waals surface area contributed by atoms with Crippen LogP contribution in [-0.4, -0.2) is 31.4 Å². The SMILES string of the molecule is COC(=O)C1=C(c2nccc(CO[Si](C(C)C)(C(C)C)C(C)C)n2)CCCC1. The van der Waals surface area contributed by atoms with Crippen molar-refractivity contribution >= 4 is 19.9 Å². The highest BCUT2D eigenvalue weighted by Crippen LogP contribution is 2.42. The first-order valence-corrected chi connectivity index (χ1v) is 12.6. The van der Waals surface area contributed by atoms with Crippen LogP contribution < -0.4 is 0 Å². The van der Waals surface area contributed by atoms with Crippen molar-refractivity contribution in [2.24, 2.45) is 0 Å². The molecule has 1 aliphatic carbocycles. The Bertz CT molecular complexity index is 692. The van der Waals surface area contributed by atoms with Crippen LogP contribution in [0.15, 0.2) is 17.8 Å². The fraction of sp³-hybridized carbons (Fsp3) is 0.682. The van der Waals surface area contributed by atoms with E-state index in [0.717, 1.165) is 42.5 Å². The van der Waals surface area contributed by atoms with Gasteiger partial charge in [-0.3, -0.25) is 0 Å². The topological polar surface area (TPSA) is 61.3 Å². The lowest BCUT2D eigenvalue weighted by Crippen LogP contribution is -2.47. The van der Waals surface area contributed by atoms with Gasteiger partial charge in [0.2, 0.25) is 8.32 Å². The van der Waals surface area contributed by atoms with Crippen molar-refractivity contribution in [3.8, 4) is 0 Å². The number of nitrogens with zero attached hydrogens (tertiary/aromatic N) is 2. The quantitative estimate of drug-likeness (QED) is 0.413. The van der Waals surface area contributed by atoms with Crippen molar-refractivity contribution in [1.29, 1.82) is 0 Å². The summed E-state index contributed by atoms with van der Waals surface area (Å²) in [6.45, 7) is 14.2. The van der Waals surface area contributed by atoms with Crippen LogP contribution in [0.1, 0.15) is 78.7 Å².